The van der Waals surface area contributed by atoms with Gasteiger partial charge in [0.05, 0.1) is 0 Å². The highest BCUT2D eigenvalue weighted by Gasteiger charge is 2.22. The van der Waals surface area contributed by atoms with E-state index in [4.69, 9.17) is 0 Å². The molecule has 0 aromatic heterocycles. The van der Waals surface area contributed by atoms with Crippen LogP contribution in [-0.2, 0) is 0 Å². The van der Waals surface area contributed by atoms with Crippen molar-refractivity contribution in [3.05, 3.63) is 89.6 Å². The SMILES string of the molecule is C=C(C)CC1C=C(C/C(C)=C/CC2C=CC=C2)c2ccccc21. The lowest BCUT2D eigenvalue weighted by atomic mass is 9.94. The molecule has 1 aromatic rings. The predicted octanol–water partition coefficient (Wildman–Crippen LogP) is 6.60. The zero-order chi connectivity index (χ0) is 16.2. The van der Waals surface area contributed by atoms with Crippen molar-refractivity contribution >= 4 is 5.57 Å². The van der Waals surface area contributed by atoms with Crippen LogP contribution < -0.4 is 0 Å². The summed E-state index contributed by atoms with van der Waals surface area (Å²) in [4.78, 5) is 0. The molecule has 0 saturated carbocycles. The van der Waals surface area contributed by atoms with Crippen LogP contribution >= 0.6 is 0 Å². The summed E-state index contributed by atoms with van der Waals surface area (Å²) in [7, 11) is 0. The van der Waals surface area contributed by atoms with Crippen LogP contribution in [-0.4, -0.2) is 0 Å². The summed E-state index contributed by atoms with van der Waals surface area (Å²) in [6, 6.07) is 8.86. The summed E-state index contributed by atoms with van der Waals surface area (Å²) in [5, 5.41) is 0. The first-order valence-electron chi connectivity index (χ1n) is 8.58. The van der Waals surface area contributed by atoms with Crippen molar-refractivity contribution in [2.45, 2.75) is 39.0 Å². The van der Waals surface area contributed by atoms with Gasteiger partial charge in [0, 0.05) is 5.92 Å². The minimum absolute atomic E-state index is 0.507. The smallest absolute Gasteiger partial charge is 0.00671 e. The predicted molar refractivity (Wildman–Crippen MR) is 101 cm³/mol. The minimum atomic E-state index is 0.507. The standard InChI is InChI=1S/C23H26/c1-17(2)14-20-16-21(23-11-7-6-10-22(20)23)15-18(3)12-13-19-8-4-5-9-19/h4-12,16,19-20H,1,13-15H2,2-3H3/b18-12+. The Labute approximate surface area is 140 Å². The monoisotopic (exact) mass is 302 g/mol. The minimum Gasteiger partial charge on any atom is -0.100 e. The Balaban J connectivity index is 1.73. The van der Waals surface area contributed by atoms with Gasteiger partial charge >= 0.3 is 0 Å². The lowest BCUT2D eigenvalue weighted by molar-refractivity contribution is 0.835. The van der Waals surface area contributed by atoms with Crippen molar-refractivity contribution in [3.8, 4) is 0 Å². The summed E-state index contributed by atoms with van der Waals surface area (Å²) in [6.07, 6.45) is 16.9. The van der Waals surface area contributed by atoms with Crippen molar-refractivity contribution in [2.24, 2.45) is 5.92 Å². The third-order valence-electron chi connectivity index (χ3n) is 4.71. The Morgan fingerprint density at radius 1 is 1.13 bits per heavy atom. The zero-order valence-corrected chi connectivity index (χ0v) is 14.3. The molecule has 0 bridgehead atoms. The topological polar surface area (TPSA) is 0 Å². The van der Waals surface area contributed by atoms with Gasteiger partial charge in [0.15, 0.2) is 0 Å². The first-order valence-corrected chi connectivity index (χ1v) is 8.58. The fourth-order valence-corrected chi connectivity index (χ4v) is 3.58. The second-order valence-corrected chi connectivity index (χ2v) is 6.94. The third kappa shape index (κ3) is 3.82. The van der Waals surface area contributed by atoms with E-state index in [-0.39, 0.29) is 0 Å². The van der Waals surface area contributed by atoms with Gasteiger partial charge < -0.3 is 0 Å². The molecular formula is C23H26. The molecule has 2 aliphatic rings. The number of hydrogen-bond acceptors (Lipinski definition) is 0. The third-order valence-corrected chi connectivity index (χ3v) is 4.71. The second-order valence-electron chi connectivity index (χ2n) is 6.94. The molecule has 0 spiro atoms. The quantitative estimate of drug-likeness (QED) is 0.519. The average Bonchev–Trinajstić information content (AvgIpc) is 3.14. The maximum atomic E-state index is 4.10. The number of rotatable bonds is 6. The maximum absolute atomic E-state index is 4.10. The van der Waals surface area contributed by atoms with E-state index in [0.717, 1.165) is 19.3 Å². The molecule has 1 atom stereocenters. The average molecular weight is 302 g/mol. The number of fused-ring (bicyclic) bond motifs is 1. The molecule has 0 heteroatoms. The highest BCUT2D eigenvalue weighted by atomic mass is 14.3. The van der Waals surface area contributed by atoms with Gasteiger partial charge in [-0.3, -0.25) is 0 Å². The summed E-state index contributed by atoms with van der Waals surface area (Å²) in [5.74, 6) is 1.10. The molecule has 1 aromatic carbocycles. The van der Waals surface area contributed by atoms with Gasteiger partial charge in [-0.05, 0) is 55.7 Å². The van der Waals surface area contributed by atoms with Crippen LogP contribution in [0.2, 0.25) is 0 Å². The van der Waals surface area contributed by atoms with E-state index in [0.29, 0.717) is 11.8 Å². The molecule has 118 valence electrons. The summed E-state index contributed by atoms with van der Waals surface area (Å²) < 4.78 is 0. The van der Waals surface area contributed by atoms with E-state index in [1.54, 1.807) is 0 Å². The van der Waals surface area contributed by atoms with Crippen LogP contribution in [0.5, 0.6) is 0 Å². The fourth-order valence-electron chi connectivity index (χ4n) is 3.58. The van der Waals surface area contributed by atoms with E-state index in [2.05, 4.69) is 81.1 Å². The Hall–Kier alpha value is -2.08. The van der Waals surface area contributed by atoms with E-state index in [1.165, 1.54) is 27.8 Å². The van der Waals surface area contributed by atoms with Crippen LogP contribution in [0.25, 0.3) is 5.57 Å². The first kappa shape index (κ1) is 15.8. The fraction of sp³-hybridized carbons (Fsp3) is 0.304. The lowest BCUT2D eigenvalue weighted by Gasteiger charge is -2.10. The molecule has 0 N–H and O–H groups in total. The van der Waals surface area contributed by atoms with Gasteiger partial charge in [0.1, 0.15) is 0 Å². The van der Waals surface area contributed by atoms with E-state index in [1.807, 2.05) is 0 Å². The largest absolute Gasteiger partial charge is 0.100 e. The van der Waals surface area contributed by atoms with Crippen molar-refractivity contribution in [1.82, 2.24) is 0 Å². The molecule has 1 unspecified atom stereocenters. The number of benzene rings is 1. The first-order chi connectivity index (χ1) is 11.1. The van der Waals surface area contributed by atoms with Crippen molar-refractivity contribution in [1.29, 1.82) is 0 Å². The highest BCUT2D eigenvalue weighted by molar-refractivity contribution is 5.76. The van der Waals surface area contributed by atoms with Crippen molar-refractivity contribution in [2.75, 3.05) is 0 Å². The van der Waals surface area contributed by atoms with Gasteiger partial charge in [0.25, 0.3) is 0 Å². The maximum Gasteiger partial charge on any atom is 0.00671 e. The molecule has 0 amide bonds. The Bertz CT molecular complexity index is 697. The zero-order valence-electron chi connectivity index (χ0n) is 14.3. The molecule has 0 nitrogen and oxygen atoms in total. The van der Waals surface area contributed by atoms with Gasteiger partial charge in [-0.2, -0.15) is 0 Å². The van der Waals surface area contributed by atoms with Gasteiger partial charge in [0.2, 0.25) is 0 Å². The Morgan fingerprint density at radius 3 is 2.61 bits per heavy atom. The van der Waals surface area contributed by atoms with E-state index < -0.39 is 0 Å². The summed E-state index contributed by atoms with van der Waals surface area (Å²) in [6.45, 7) is 8.49. The highest BCUT2D eigenvalue weighted by Crippen LogP contribution is 2.41. The van der Waals surface area contributed by atoms with Crippen LogP contribution in [0.15, 0.2) is 78.4 Å². The molecular weight excluding hydrogens is 276 g/mol. The summed E-state index contributed by atoms with van der Waals surface area (Å²) >= 11 is 0. The second kappa shape index (κ2) is 7.00. The van der Waals surface area contributed by atoms with Gasteiger partial charge in [-0.25, -0.2) is 0 Å². The van der Waals surface area contributed by atoms with Crippen LogP contribution in [0.4, 0.5) is 0 Å². The molecule has 0 saturated heterocycles. The Kier molecular flexibility index (Phi) is 4.81. The molecule has 0 heterocycles. The summed E-state index contributed by atoms with van der Waals surface area (Å²) in [5.41, 5.74) is 7.12. The molecule has 2 aliphatic carbocycles. The van der Waals surface area contributed by atoms with Crippen molar-refractivity contribution in [3.63, 3.8) is 0 Å². The van der Waals surface area contributed by atoms with Crippen LogP contribution in [0.1, 0.15) is 50.2 Å². The van der Waals surface area contributed by atoms with Crippen LogP contribution in [0.3, 0.4) is 0 Å². The number of hydrogen-bond donors (Lipinski definition) is 0. The molecule has 0 fully saturated rings. The molecule has 0 aliphatic heterocycles. The van der Waals surface area contributed by atoms with Crippen molar-refractivity contribution < 1.29 is 0 Å². The molecule has 3 rings (SSSR count). The molecule has 23 heavy (non-hydrogen) atoms. The van der Waals surface area contributed by atoms with Crippen LogP contribution in [0, 0.1) is 5.92 Å². The van der Waals surface area contributed by atoms with E-state index in [9.17, 15) is 0 Å². The number of allylic oxidation sites excluding steroid dienone is 9. The normalized spacial score (nSPS) is 20.0. The van der Waals surface area contributed by atoms with Gasteiger partial charge in [-0.1, -0.05) is 71.9 Å². The Morgan fingerprint density at radius 2 is 1.87 bits per heavy atom. The van der Waals surface area contributed by atoms with E-state index >= 15 is 0 Å². The lowest BCUT2D eigenvalue weighted by Crippen LogP contribution is -1.93. The molecule has 0 radical (unpaired) electrons. The van der Waals surface area contributed by atoms with Gasteiger partial charge in [-0.15, -0.1) is 6.58 Å².